The van der Waals surface area contributed by atoms with Crippen molar-refractivity contribution in [1.29, 1.82) is 0 Å². The van der Waals surface area contributed by atoms with Crippen LogP contribution in [0.4, 0.5) is 10.1 Å². The van der Waals surface area contributed by atoms with Crippen molar-refractivity contribution >= 4 is 29.1 Å². The Bertz CT molecular complexity index is 1100. The zero-order valence-corrected chi connectivity index (χ0v) is 16.2. The van der Waals surface area contributed by atoms with Crippen molar-refractivity contribution in [2.75, 3.05) is 14.2 Å². The van der Waals surface area contributed by atoms with Crippen LogP contribution < -0.4 is 0 Å². The Morgan fingerprint density at radius 3 is 2.46 bits per heavy atom. The molecule has 3 aromatic carbocycles. The Labute approximate surface area is 166 Å². The number of aliphatic imine (C=N–C) groups is 1. The van der Waals surface area contributed by atoms with Crippen molar-refractivity contribution in [3.63, 3.8) is 0 Å². The van der Waals surface area contributed by atoms with E-state index in [0.29, 0.717) is 22.5 Å². The van der Waals surface area contributed by atoms with Crippen molar-refractivity contribution in [3.8, 4) is 0 Å². The van der Waals surface area contributed by atoms with Gasteiger partial charge in [0.25, 0.3) is 5.91 Å². The topological polar surface area (TPSA) is 41.9 Å². The minimum absolute atomic E-state index is 0.278. The van der Waals surface area contributed by atoms with Crippen LogP contribution in [0.25, 0.3) is 0 Å². The van der Waals surface area contributed by atoms with Gasteiger partial charge in [-0.1, -0.05) is 42.1 Å². The molecule has 28 heavy (non-hydrogen) atoms. The fourth-order valence-electron chi connectivity index (χ4n) is 3.00. The van der Waals surface area contributed by atoms with Crippen molar-refractivity contribution < 1.29 is 14.0 Å². The number of benzene rings is 3. The van der Waals surface area contributed by atoms with E-state index in [9.17, 15) is 9.18 Å². The van der Waals surface area contributed by atoms with Gasteiger partial charge in [-0.2, -0.15) is 0 Å². The molecule has 1 amide bonds. The number of carbonyl (C=O) groups excluding carboxylic acids is 1. The first-order valence-corrected chi connectivity index (χ1v) is 9.47. The van der Waals surface area contributed by atoms with E-state index in [1.54, 1.807) is 49.1 Å². The summed E-state index contributed by atoms with van der Waals surface area (Å²) in [6, 6.07) is 19.7. The highest BCUT2D eigenvalue weighted by Gasteiger charge is 2.22. The number of amides is 1. The van der Waals surface area contributed by atoms with E-state index >= 15 is 0 Å². The number of rotatable bonds is 3. The van der Waals surface area contributed by atoms with Gasteiger partial charge in [0.15, 0.2) is 0 Å². The molecule has 1 aliphatic rings. The lowest BCUT2D eigenvalue weighted by Gasteiger charge is -2.14. The summed E-state index contributed by atoms with van der Waals surface area (Å²) in [5.74, 6) is -0.615. The Balaban J connectivity index is 1.92. The molecule has 0 aromatic heterocycles. The summed E-state index contributed by atoms with van der Waals surface area (Å²) in [7, 11) is 2.98. The third-order valence-corrected chi connectivity index (χ3v) is 5.63. The van der Waals surface area contributed by atoms with Crippen LogP contribution in [0.3, 0.4) is 0 Å². The van der Waals surface area contributed by atoms with E-state index in [2.05, 4.69) is 0 Å². The molecule has 0 atom stereocenters. The third kappa shape index (κ3) is 3.32. The highest BCUT2D eigenvalue weighted by Crippen LogP contribution is 2.41. The van der Waals surface area contributed by atoms with Crippen LogP contribution in [0.15, 0.2) is 81.5 Å². The van der Waals surface area contributed by atoms with Gasteiger partial charge in [-0.05, 0) is 36.4 Å². The molecule has 0 spiro atoms. The Morgan fingerprint density at radius 2 is 1.71 bits per heavy atom. The molecular formula is C22H17FN2O2S. The van der Waals surface area contributed by atoms with Crippen LogP contribution in [0.5, 0.6) is 0 Å². The highest BCUT2D eigenvalue weighted by molar-refractivity contribution is 7.99. The molecule has 140 valence electrons. The second kappa shape index (κ2) is 7.58. The number of nitrogens with zero attached hydrogens (tertiary/aromatic N) is 2. The minimum atomic E-state index is -0.337. The zero-order chi connectivity index (χ0) is 19.7. The van der Waals surface area contributed by atoms with Gasteiger partial charge in [-0.25, -0.2) is 14.4 Å². The van der Waals surface area contributed by atoms with E-state index in [0.717, 1.165) is 20.4 Å². The van der Waals surface area contributed by atoms with Crippen LogP contribution in [0, 0.1) is 5.82 Å². The van der Waals surface area contributed by atoms with Gasteiger partial charge in [0.2, 0.25) is 0 Å². The second-order valence-electron chi connectivity index (χ2n) is 6.21. The van der Waals surface area contributed by atoms with Crippen molar-refractivity contribution in [3.05, 3.63) is 89.2 Å². The number of halogens is 1. The lowest BCUT2D eigenvalue weighted by Crippen LogP contribution is -2.25. The van der Waals surface area contributed by atoms with E-state index in [1.165, 1.54) is 13.2 Å². The summed E-state index contributed by atoms with van der Waals surface area (Å²) < 4.78 is 14.6. The number of hydroxylamine groups is 2. The van der Waals surface area contributed by atoms with Crippen molar-refractivity contribution in [2.24, 2.45) is 4.99 Å². The molecule has 6 heteroatoms. The smallest absolute Gasteiger partial charge is 0.274 e. The lowest BCUT2D eigenvalue weighted by molar-refractivity contribution is -0.0756. The van der Waals surface area contributed by atoms with E-state index < -0.39 is 0 Å². The maximum Gasteiger partial charge on any atom is 0.277 e. The molecule has 0 radical (unpaired) electrons. The molecule has 0 N–H and O–H groups in total. The molecule has 3 aromatic rings. The van der Waals surface area contributed by atoms with E-state index in [4.69, 9.17) is 9.83 Å². The third-order valence-electron chi connectivity index (χ3n) is 4.49. The number of hydrogen-bond acceptors (Lipinski definition) is 4. The zero-order valence-electron chi connectivity index (χ0n) is 15.3. The average molecular weight is 392 g/mol. The highest BCUT2D eigenvalue weighted by atomic mass is 32.2. The summed E-state index contributed by atoms with van der Waals surface area (Å²) in [5.41, 5.74) is 2.90. The molecule has 0 unspecified atom stereocenters. The maximum absolute atomic E-state index is 14.6. The van der Waals surface area contributed by atoms with Gasteiger partial charge in [0.05, 0.1) is 18.5 Å². The van der Waals surface area contributed by atoms with Crippen molar-refractivity contribution in [2.45, 2.75) is 9.79 Å². The molecule has 0 saturated carbocycles. The van der Waals surface area contributed by atoms with Crippen LogP contribution >= 0.6 is 11.8 Å². The minimum Gasteiger partial charge on any atom is -0.274 e. The number of fused-ring (bicyclic) bond motifs is 2. The molecule has 4 rings (SSSR count). The van der Waals surface area contributed by atoms with Gasteiger partial charge in [-0.15, -0.1) is 0 Å². The second-order valence-corrected chi connectivity index (χ2v) is 7.29. The first-order valence-electron chi connectivity index (χ1n) is 8.65. The standard InChI is InChI=1S/C22H17FN2O2S/c1-25(27-2)22(26)14-11-12-20-18(13-14)24-21(15-7-3-5-9-17(15)23)16-8-4-6-10-19(16)28-20/h3-13H,1-2H3. The molecule has 0 aliphatic carbocycles. The van der Waals surface area contributed by atoms with Crippen molar-refractivity contribution in [1.82, 2.24) is 5.06 Å². The SMILES string of the molecule is CON(C)C(=O)c1ccc2c(c1)N=C(c1ccccc1F)c1ccccc1S2. The average Bonchev–Trinajstić information content (AvgIpc) is 2.89. The predicted octanol–water partition coefficient (Wildman–Crippen LogP) is 5.09. The first-order chi connectivity index (χ1) is 13.6. The van der Waals surface area contributed by atoms with E-state index in [1.807, 2.05) is 30.3 Å². The van der Waals surface area contributed by atoms with Gasteiger partial charge >= 0.3 is 0 Å². The fourth-order valence-corrected chi connectivity index (χ4v) is 4.00. The normalized spacial score (nSPS) is 12.5. The predicted molar refractivity (Wildman–Crippen MR) is 108 cm³/mol. The Kier molecular flexibility index (Phi) is 4.98. The quantitative estimate of drug-likeness (QED) is 0.456. The monoisotopic (exact) mass is 392 g/mol. The van der Waals surface area contributed by atoms with Gasteiger partial charge in [-0.3, -0.25) is 9.63 Å². The molecule has 0 saturated heterocycles. The Hall–Kier alpha value is -2.96. The van der Waals surface area contributed by atoms with Crippen LogP contribution in [0.2, 0.25) is 0 Å². The van der Waals surface area contributed by atoms with E-state index in [-0.39, 0.29) is 11.7 Å². The largest absolute Gasteiger partial charge is 0.277 e. The number of hydrogen-bond donors (Lipinski definition) is 0. The van der Waals surface area contributed by atoms with Gasteiger partial charge in [0, 0.05) is 33.5 Å². The summed E-state index contributed by atoms with van der Waals surface area (Å²) >= 11 is 1.55. The molecule has 0 bridgehead atoms. The summed E-state index contributed by atoms with van der Waals surface area (Å²) in [5, 5.41) is 1.15. The lowest BCUT2D eigenvalue weighted by atomic mass is 10.0. The Morgan fingerprint density at radius 1 is 1.00 bits per heavy atom. The van der Waals surface area contributed by atoms with Gasteiger partial charge in [0.1, 0.15) is 5.82 Å². The fraction of sp³-hybridized carbons (Fsp3) is 0.0909. The van der Waals surface area contributed by atoms with Crippen LogP contribution in [-0.2, 0) is 4.84 Å². The van der Waals surface area contributed by atoms with Gasteiger partial charge < -0.3 is 0 Å². The summed E-state index contributed by atoms with van der Waals surface area (Å²) in [6.07, 6.45) is 0. The molecule has 0 fully saturated rings. The molecule has 4 nitrogen and oxygen atoms in total. The first kappa shape index (κ1) is 18.4. The van der Waals surface area contributed by atoms with Crippen LogP contribution in [0.1, 0.15) is 21.5 Å². The summed E-state index contributed by atoms with van der Waals surface area (Å²) in [6.45, 7) is 0. The molecule has 1 heterocycles. The number of carbonyl (C=O) groups is 1. The molecular weight excluding hydrogens is 375 g/mol. The maximum atomic E-state index is 14.6. The summed E-state index contributed by atoms with van der Waals surface area (Å²) in [4.78, 5) is 24.1. The van der Waals surface area contributed by atoms with Crippen LogP contribution in [-0.4, -0.2) is 30.8 Å². The molecule has 1 aliphatic heterocycles.